The summed E-state index contributed by atoms with van der Waals surface area (Å²) < 4.78 is 28.4. The molecule has 7 heteroatoms. The van der Waals surface area contributed by atoms with Gasteiger partial charge in [0.15, 0.2) is 0 Å². The van der Waals surface area contributed by atoms with Crippen LogP contribution < -0.4 is 4.72 Å². The number of para-hydroxylation sites is 1. The number of benzene rings is 1. The first-order valence-electron chi connectivity index (χ1n) is 6.35. The first-order chi connectivity index (χ1) is 9.85. The lowest BCUT2D eigenvalue weighted by atomic mass is 10.1. The Morgan fingerprint density at radius 2 is 2.00 bits per heavy atom. The van der Waals surface area contributed by atoms with Crippen LogP contribution in [-0.4, -0.2) is 24.1 Å². The Balaban J connectivity index is 2.39. The zero-order chi connectivity index (χ0) is 15.6. The van der Waals surface area contributed by atoms with Crippen molar-refractivity contribution in [2.24, 2.45) is 7.05 Å². The fraction of sp³-hybridized carbons (Fsp3) is 0.214. The summed E-state index contributed by atoms with van der Waals surface area (Å²) in [4.78, 5) is 10.9. The van der Waals surface area contributed by atoms with Gasteiger partial charge < -0.3 is 9.67 Å². The Bertz CT molecular complexity index is 778. The van der Waals surface area contributed by atoms with Crippen molar-refractivity contribution in [3.63, 3.8) is 0 Å². The number of carboxylic acid groups (broad SMARTS) is 1. The minimum Gasteiger partial charge on any atom is -0.477 e. The third-order valence-corrected chi connectivity index (χ3v) is 4.48. The largest absolute Gasteiger partial charge is 0.477 e. The van der Waals surface area contributed by atoms with Crippen molar-refractivity contribution in [2.45, 2.75) is 18.2 Å². The van der Waals surface area contributed by atoms with E-state index < -0.39 is 16.0 Å². The molecule has 0 saturated carbocycles. The number of carbonyl (C=O) groups is 1. The summed E-state index contributed by atoms with van der Waals surface area (Å²) in [5.74, 6) is -1.17. The Kier molecular flexibility index (Phi) is 4.04. The normalized spacial score (nSPS) is 11.3. The number of hydrogen-bond donors (Lipinski definition) is 2. The molecule has 0 aliphatic heterocycles. The minimum absolute atomic E-state index is 0.0756. The van der Waals surface area contributed by atoms with Gasteiger partial charge in [-0.1, -0.05) is 25.1 Å². The van der Waals surface area contributed by atoms with E-state index in [0.717, 1.165) is 11.6 Å². The molecule has 21 heavy (non-hydrogen) atoms. The highest BCUT2D eigenvalue weighted by atomic mass is 32.2. The molecular formula is C14H16N2O4S. The summed E-state index contributed by atoms with van der Waals surface area (Å²) in [5.41, 5.74) is 1.29. The van der Waals surface area contributed by atoms with E-state index in [-0.39, 0.29) is 10.6 Å². The molecule has 0 amide bonds. The maximum absolute atomic E-state index is 12.3. The summed E-state index contributed by atoms with van der Waals surface area (Å²) in [6.45, 7) is 1.93. The maximum atomic E-state index is 12.3. The zero-order valence-electron chi connectivity index (χ0n) is 11.7. The second kappa shape index (κ2) is 5.61. The van der Waals surface area contributed by atoms with Crippen molar-refractivity contribution in [3.05, 3.63) is 47.8 Å². The number of rotatable bonds is 5. The fourth-order valence-corrected chi connectivity index (χ4v) is 3.20. The minimum atomic E-state index is -3.82. The maximum Gasteiger partial charge on any atom is 0.352 e. The van der Waals surface area contributed by atoms with Gasteiger partial charge in [0, 0.05) is 13.2 Å². The summed E-state index contributed by atoms with van der Waals surface area (Å²) >= 11 is 0. The summed E-state index contributed by atoms with van der Waals surface area (Å²) in [7, 11) is -2.33. The molecular weight excluding hydrogens is 292 g/mol. The van der Waals surface area contributed by atoms with E-state index in [2.05, 4.69) is 4.72 Å². The molecule has 1 aromatic heterocycles. The van der Waals surface area contributed by atoms with E-state index in [1.54, 1.807) is 12.1 Å². The molecule has 2 aromatic rings. The highest BCUT2D eigenvalue weighted by Gasteiger charge is 2.20. The number of nitrogens with one attached hydrogen (secondary N) is 1. The highest BCUT2D eigenvalue weighted by Crippen LogP contribution is 2.21. The molecule has 2 N–H and O–H groups in total. The first-order valence-corrected chi connectivity index (χ1v) is 7.84. The van der Waals surface area contributed by atoms with Crippen LogP contribution in [0.4, 0.5) is 5.69 Å². The van der Waals surface area contributed by atoms with Crippen molar-refractivity contribution in [1.82, 2.24) is 4.57 Å². The van der Waals surface area contributed by atoms with Gasteiger partial charge in [-0.25, -0.2) is 13.2 Å². The van der Waals surface area contributed by atoms with Crippen LogP contribution in [0.5, 0.6) is 0 Å². The summed E-state index contributed by atoms with van der Waals surface area (Å²) in [5, 5.41) is 8.98. The standard InChI is InChI=1S/C14H16N2O4S/c1-3-10-6-4-5-7-12(10)15-21(19,20)11-8-13(14(17)18)16(2)9-11/h4-9,15H,3H2,1-2H3,(H,17,18). The van der Waals surface area contributed by atoms with Gasteiger partial charge in [-0.3, -0.25) is 4.72 Å². The van der Waals surface area contributed by atoms with E-state index in [1.165, 1.54) is 17.8 Å². The molecule has 112 valence electrons. The topological polar surface area (TPSA) is 88.4 Å². The third kappa shape index (κ3) is 3.08. The van der Waals surface area contributed by atoms with Gasteiger partial charge in [-0.15, -0.1) is 0 Å². The highest BCUT2D eigenvalue weighted by molar-refractivity contribution is 7.92. The average Bonchev–Trinajstić information content (AvgIpc) is 2.82. The number of aromatic nitrogens is 1. The monoisotopic (exact) mass is 308 g/mol. The zero-order valence-corrected chi connectivity index (χ0v) is 12.5. The predicted molar refractivity (Wildman–Crippen MR) is 79.0 cm³/mol. The van der Waals surface area contributed by atoms with E-state index in [1.807, 2.05) is 19.1 Å². The van der Waals surface area contributed by atoms with Crippen molar-refractivity contribution in [3.8, 4) is 0 Å². The molecule has 0 saturated heterocycles. The Morgan fingerprint density at radius 1 is 1.33 bits per heavy atom. The average molecular weight is 308 g/mol. The fourth-order valence-electron chi connectivity index (χ4n) is 2.03. The number of nitrogens with zero attached hydrogens (tertiary/aromatic N) is 1. The predicted octanol–water partition coefficient (Wildman–Crippen LogP) is 2.09. The second-order valence-corrected chi connectivity index (χ2v) is 6.28. The van der Waals surface area contributed by atoms with Gasteiger partial charge in [-0.05, 0) is 24.1 Å². The van der Waals surface area contributed by atoms with E-state index in [0.29, 0.717) is 12.1 Å². The van der Waals surface area contributed by atoms with Crippen LogP contribution in [0.1, 0.15) is 23.0 Å². The number of anilines is 1. The number of aryl methyl sites for hydroxylation is 2. The molecule has 0 bridgehead atoms. The van der Waals surface area contributed by atoms with Gasteiger partial charge in [-0.2, -0.15) is 0 Å². The van der Waals surface area contributed by atoms with Crippen LogP contribution in [-0.2, 0) is 23.5 Å². The van der Waals surface area contributed by atoms with Crippen LogP contribution in [0.15, 0.2) is 41.4 Å². The van der Waals surface area contributed by atoms with E-state index in [9.17, 15) is 13.2 Å². The lowest BCUT2D eigenvalue weighted by Crippen LogP contribution is -2.13. The molecule has 6 nitrogen and oxygen atoms in total. The molecule has 0 radical (unpaired) electrons. The quantitative estimate of drug-likeness (QED) is 0.885. The van der Waals surface area contributed by atoms with Crippen molar-refractivity contribution in [1.29, 1.82) is 0 Å². The van der Waals surface area contributed by atoms with Gasteiger partial charge in [0.25, 0.3) is 10.0 Å². The second-order valence-electron chi connectivity index (χ2n) is 4.59. The number of sulfonamides is 1. The van der Waals surface area contributed by atoms with Crippen molar-refractivity contribution >= 4 is 21.7 Å². The van der Waals surface area contributed by atoms with Crippen LogP contribution >= 0.6 is 0 Å². The van der Waals surface area contributed by atoms with E-state index in [4.69, 9.17) is 5.11 Å². The van der Waals surface area contributed by atoms with Crippen LogP contribution in [0.2, 0.25) is 0 Å². The lowest BCUT2D eigenvalue weighted by Gasteiger charge is -2.10. The smallest absolute Gasteiger partial charge is 0.352 e. The van der Waals surface area contributed by atoms with Crippen molar-refractivity contribution in [2.75, 3.05) is 4.72 Å². The number of aromatic carboxylic acids is 1. The number of hydrogen-bond acceptors (Lipinski definition) is 3. The third-order valence-electron chi connectivity index (χ3n) is 3.15. The Morgan fingerprint density at radius 3 is 2.57 bits per heavy atom. The summed E-state index contributed by atoms with van der Waals surface area (Å²) in [6.07, 6.45) is 1.97. The summed E-state index contributed by atoms with van der Waals surface area (Å²) in [6, 6.07) is 8.23. The van der Waals surface area contributed by atoms with Crippen LogP contribution in [0.25, 0.3) is 0 Å². The van der Waals surface area contributed by atoms with Crippen molar-refractivity contribution < 1.29 is 18.3 Å². The number of carboxylic acids is 1. The molecule has 2 rings (SSSR count). The first kappa shape index (κ1) is 15.1. The lowest BCUT2D eigenvalue weighted by molar-refractivity contribution is 0.0686. The van der Waals surface area contributed by atoms with Gasteiger partial charge in [0.05, 0.1) is 5.69 Å². The molecule has 0 spiro atoms. The Hall–Kier alpha value is -2.28. The van der Waals surface area contributed by atoms with Crippen LogP contribution in [0, 0.1) is 0 Å². The molecule has 1 aromatic carbocycles. The molecule has 0 fully saturated rings. The SMILES string of the molecule is CCc1ccccc1NS(=O)(=O)c1cc(C(=O)O)n(C)c1. The van der Waals surface area contributed by atoms with Gasteiger partial charge >= 0.3 is 5.97 Å². The Labute approximate surface area is 123 Å². The molecule has 0 atom stereocenters. The van der Waals surface area contributed by atoms with E-state index >= 15 is 0 Å². The molecule has 1 heterocycles. The van der Waals surface area contributed by atoms with Gasteiger partial charge in [0.1, 0.15) is 10.6 Å². The van der Waals surface area contributed by atoms with Crippen LogP contribution in [0.3, 0.4) is 0 Å². The molecule has 0 aliphatic rings. The molecule has 0 unspecified atom stereocenters. The molecule has 0 aliphatic carbocycles. The van der Waals surface area contributed by atoms with Gasteiger partial charge in [0.2, 0.25) is 0 Å².